The molecule has 23 heavy (non-hydrogen) atoms. The van der Waals surface area contributed by atoms with Crippen molar-refractivity contribution in [3.8, 4) is 11.1 Å². The molecule has 1 unspecified atom stereocenters. The average molecular weight is 334 g/mol. The zero-order valence-electron chi connectivity index (χ0n) is 12.2. The van der Waals surface area contributed by atoms with Crippen molar-refractivity contribution in [1.29, 1.82) is 0 Å². The minimum atomic E-state index is -4.35. The molecule has 3 aromatic rings. The molecular formula is C18H13F3OS. The standard InChI is InChI=1S/C18H13F3OS/c1-23(22)16-7-3-5-13-4-2-6-15(17(13)16)12-8-10-14(11-9-12)18(19,20)21/h2-11H,1H3. The van der Waals surface area contributed by atoms with Gasteiger partial charge < -0.3 is 0 Å². The highest BCUT2D eigenvalue weighted by atomic mass is 32.2. The number of hydrogen-bond acceptors (Lipinski definition) is 1. The van der Waals surface area contributed by atoms with Gasteiger partial charge in [0.1, 0.15) is 0 Å². The quantitative estimate of drug-likeness (QED) is 0.624. The smallest absolute Gasteiger partial charge is 0.255 e. The van der Waals surface area contributed by atoms with Crippen LogP contribution >= 0.6 is 0 Å². The molecule has 0 aliphatic heterocycles. The van der Waals surface area contributed by atoms with Crippen molar-refractivity contribution in [3.63, 3.8) is 0 Å². The van der Waals surface area contributed by atoms with E-state index in [4.69, 9.17) is 0 Å². The van der Waals surface area contributed by atoms with Crippen molar-refractivity contribution in [2.24, 2.45) is 0 Å². The molecule has 0 aromatic heterocycles. The van der Waals surface area contributed by atoms with E-state index in [0.29, 0.717) is 10.5 Å². The third kappa shape index (κ3) is 3.01. The van der Waals surface area contributed by atoms with E-state index in [0.717, 1.165) is 28.5 Å². The Labute approximate surface area is 134 Å². The molecule has 0 N–H and O–H groups in total. The third-order valence-electron chi connectivity index (χ3n) is 3.70. The molecule has 0 aliphatic rings. The Morgan fingerprint density at radius 2 is 1.48 bits per heavy atom. The largest absolute Gasteiger partial charge is 0.416 e. The van der Waals surface area contributed by atoms with E-state index in [1.54, 1.807) is 12.3 Å². The molecule has 3 rings (SSSR count). The van der Waals surface area contributed by atoms with Gasteiger partial charge in [0.25, 0.3) is 0 Å². The number of benzene rings is 3. The van der Waals surface area contributed by atoms with Crippen LogP contribution in [0, 0.1) is 0 Å². The highest BCUT2D eigenvalue weighted by Crippen LogP contribution is 2.35. The fourth-order valence-corrected chi connectivity index (χ4v) is 3.41. The Hall–Kier alpha value is -2.14. The van der Waals surface area contributed by atoms with Crippen molar-refractivity contribution in [1.82, 2.24) is 0 Å². The number of alkyl halides is 3. The predicted molar refractivity (Wildman–Crippen MR) is 86.7 cm³/mol. The molecule has 0 bridgehead atoms. The summed E-state index contributed by atoms with van der Waals surface area (Å²) in [7, 11) is -1.19. The van der Waals surface area contributed by atoms with Crippen molar-refractivity contribution in [2.45, 2.75) is 11.1 Å². The summed E-state index contributed by atoms with van der Waals surface area (Å²) in [5, 5.41) is 1.73. The van der Waals surface area contributed by atoms with Gasteiger partial charge in [-0.05, 0) is 34.7 Å². The van der Waals surface area contributed by atoms with Crippen LogP contribution in [0.25, 0.3) is 21.9 Å². The molecule has 0 aliphatic carbocycles. The second-order valence-corrected chi connectivity index (χ2v) is 6.54. The summed E-state index contributed by atoms with van der Waals surface area (Å²) in [5.41, 5.74) is 0.768. The van der Waals surface area contributed by atoms with Gasteiger partial charge in [0, 0.05) is 16.5 Å². The topological polar surface area (TPSA) is 17.1 Å². The van der Waals surface area contributed by atoms with Gasteiger partial charge in [-0.3, -0.25) is 4.21 Å². The predicted octanol–water partition coefficient (Wildman–Crippen LogP) is 5.26. The van der Waals surface area contributed by atoms with Crippen LogP contribution in [0.4, 0.5) is 13.2 Å². The van der Waals surface area contributed by atoms with Crippen LogP contribution < -0.4 is 0 Å². The van der Waals surface area contributed by atoms with Gasteiger partial charge in [0.2, 0.25) is 0 Å². The molecule has 1 atom stereocenters. The Morgan fingerprint density at radius 3 is 2.04 bits per heavy atom. The molecule has 0 saturated carbocycles. The normalized spacial score (nSPS) is 13.2. The lowest BCUT2D eigenvalue weighted by Gasteiger charge is -2.12. The SMILES string of the molecule is CS(=O)c1cccc2cccc(-c3ccc(C(F)(F)F)cc3)c12. The summed E-state index contributed by atoms with van der Waals surface area (Å²) in [6.45, 7) is 0. The van der Waals surface area contributed by atoms with Crippen molar-refractivity contribution < 1.29 is 17.4 Å². The van der Waals surface area contributed by atoms with Crippen molar-refractivity contribution in [3.05, 3.63) is 66.2 Å². The van der Waals surface area contributed by atoms with Crippen LogP contribution in [0.3, 0.4) is 0 Å². The third-order valence-corrected chi connectivity index (χ3v) is 4.66. The fourth-order valence-electron chi connectivity index (χ4n) is 2.63. The average Bonchev–Trinajstić information content (AvgIpc) is 2.53. The van der Waals surface area contributed by atoms with Crippen molar-refractivity contribution >= 4 is 21.6 Å². The van der Waals surface area contributed by atoms with Gasteiger partial charge in [-0.15, -0.1) is 0 Å². The van der Waals surface area contributed by atoms with Crippen LogP contribution in [-0.2, 0) is 17.0 Å². The van der Waals surface area contributed by atoms with Gasteiger partial charge in [0.05, 0.1) is 16.4 Å². The molecule has 118 valence electrons. The maximum absolute atomic E-state index is 12.7. The lowest BCUT2D eigenvalue weighted by molar-refractivity contribution is -0.137. The van der Waals surface area contributed by atoms with Gasteiger partial charge in [-0.25, -0.2) is 0 Å². The molecule has 5 heteroatoms. The Kier molecular flexibility index (Phi) is 3.98. The van der Waals surface area contributed by atoms with E-state index in [1.165, 1.54) is 12.1 Å². The summed E-state index contributed by atoms with van der Waals surface area (Å²) in [4.78, 5) is 0.679. The minimum absolute atomic E-state index is 0.668. The molecule has 0 heterocycles. The monoisotopic (exact) mass is 334 g/mol. The summed E-state index contributed by atoms with van der Waals surface area (Å²) < 4.78 is 50.1. The molecule has 0 spiro atoms. The van der Waals surface area contributed by atoms with E-state index < -0.39 is 22.5 Å². The Morgan fingerprint density at radius 1 is 0.870 bits per heavy atom. The maximum Gasteiger partial charge on any atom is 0.416 e. The number of fused-ring (bicyclic) bond motifs is 1. The molecule has 0 saturated heterocycles. The second-order valence-electron chi connectivity index (χ2n) is 5.19. The number of halogens is 3. The van der Waals surface area contributed by atoms with Crippen molar-refractivity contribution in [2.75, 3.05) is 6.26 Å². The minimum Gasteiger partial charge on any atom is -0.255 e. The molecular weight excluding hydrogens is 321 g/mol. The second kappa shape index (κ2) is 5.81. The van der Waals surface area contributed by atoms with E-state index in [2.05, 4.69) is 0 Å². The first-order valence-corrected chi connectivity index (χ1v) is 8.46. The summed E-state index contributed by atoms with van der Waals surface area (Å²) in [6.07, 6.45) is -2.76. The lowest BCUT2D eigenvalue weighted by Crippen LogP contribution is -2.04. The van der Waals surface area contributed by atoms with Crippen LogP contribution in [-0.4, -0.2) is 10.5 Å². The van der Waals surface area contributed by atoms with Crippen LogP contribution in [0.15, 0.2) is 65.6 Å². The molecule has 0 radical (unpaired) electrons. The maximum atomic E-state index is 12.7. The zero-order chi connectivity index (χ0) is 16.6. The van der Waals surface area contributed by atoms with E-state index in [-0.39, 0.29) is 0 Å². The van der Waals surface area contributed by atoms with Gasteiger partial charge >= 0.3 is 6.18 Å². The lowest BCUT2D eigenvalue weighted by atomic mass is 9.97. The molecule has 0 amide bonds. The van der Waals surface area contributed by atoms with E-state index >= 15 is 0 Å². The summed E-state index contributed by atoms with van der Waals surface area (Å²) in [6, 6.07) is 16.1. The summed E-state index contributed by atoms with van der Waals surface area (Å²) >= 11 is 0. The van der Waals surface area contributed by atoms with Crippen LogP contribution in [0.1, 0.15) is 5.56 Å². The zero-order valence-corrected chi connectivity index (χ0v) is 13.0. The summed E-state index contributed by atoms with van der Waals surface area (Å²) in [5.74, 6) is 0. The van der Waals surface area contributed by atoms with Gasteiger partial charge in [-0.2, -0.15) is 13.2 Å². The first-order chi connectivity index (χ1) is 10.9. The Bertz CT molecular complexity index is 878. The number of hydrogen-bond donors (Lipinski definition) is 0. The molecule has 1 nitrogen and oxygen atoms in total. The number of rotatable bonds is 2. The molecule has 0 fully saturated rings. The molecule has 3 aromatic carbocycles. The first kappa shape index (κ1) is 15.7. The van der Waals surface area contributed by atoms with Gasteiger partial charge in [-0.1, -0.05) is 42.5 Å². The van der Waals surface area contributed by atoms with Crippen LogP contribution in [0.5, 0.6) is 0 Å². The van der Waals surface area contributed by atoms with Crippen LogP contribution in [0.2, 0.25) is 0 Å². The van der Waals surface area contributed by atoms with E-state index in [1.807, 2.05) is 30.3 Å². The van der Waals surface area contributed by atoms with Gasteiger partial charge in [0.15, 0.2) is 0 Å². The highest BCUT2D eigenvalue weighted by molar-refractivity contribution is 7.84. The fraction of sp³-hybridized carbons (Fsp3) is 0.111. The van der Waals surface area contributed by atoms with E-state index in [9.17, 15) is 17.4 Å². The highest BCUT2D eigenvalue weighted by Gasteiger charge is 2.30. The first-order valence-electron chi connectivity index (χ1n) is 6.91. The Balaban J connectivity index is 2.22.